The van der Waals surface area contributed by atoms with Crippen molar-refractivity contribution in [1.29, 1.82) is 0 Å². The maximum Gasteiger partial charge on any atom is 0.328 e. The number of ketones is 1. The van der Waals surface area contributed by atoms with Gasteiger partial charge in [-0.05, 0) is 48.6 Å². The molecule has 1 heterocycles. The van der Waals surface area contributed by atoms with Crippen LogP contribution in [-0.4, -0.2) is 42.6 Å². The summed E-state index contributed by atoms with van der Waals surface area (Å²) in [5.74, 6) is 1.45. The number of thioether (sulfide) groups is 1. The first-order valence-electron chi connectivity index (χ1n) is 14.3. The van der Waals surface area contributed by atoms with Gasteiger partial charge in [-0.2, -0.15) is 0 Å². The van der Waals surface area contributed by atoms with Gasteiger partial charge in [0.25, 0.3) is 10.0 Å². The van der Waals surface area contributed by atoms with Crippen molar-refractivity contribution in [2.75, 3.05) is 12.8 Å². The molecule has 8 nitrogen and oxygen atoms in total. The zero-order valence-corrected chi connectivity index (χ0v) is 25.9. The highest BCUT2D eigenvalue weighted by Crippen LogP contribution is 2.30. The fourth-order valence-corrected chi connectivity index (χ4v) is 7.19. The second-order valence-electron chi connectivity index (χ2n) is 10.8. The predicted octanol–water partition coefficient (Wildman–Crippen LogP) is 6.60. The number of aromatic nitrogens is 2. The molecule has 1 aromatic heterocycles. The monoisotopic (exact) mass is 596 g/mol. The first-order valence-corrected chi connectivity index (χ1v) is 17.0. The maximum absolute atomic E-state index is 13.2. The second kappa shape index (κ2) is 13.7. The van der Waals surface area contributed by atoms with Gasteiger partial charge < -0.3 is 9.88 Å². The minimum atomic E-state index is -4.10. The number of carbonyl (C=O) groups excluding carboxylic acids is 2. The van der Waals surface area contributed by atoms with Crippen LogP contribution in [0.4, 0.5) is 4.79 Å². The lowest BCUT2D eigenvalue weighted by atomic mass is 9.89. The third-order valence-corrected chi connectivity index (χ3v) is 9.89. The molecule has 0 aliphatic heterocycles. The number of nitrogens with one attached hydrogen (secondary N) is 2. The summed E-state index contributed by atoms with van der Waals surface area (Å²) in [5, 5.41) is 3.48. The lowest BCUT2D eigenvalue weighted by Crippen LogP contribution is -2.41. The highest BCUT2D eigenvalue weighted by atomic mass is 32.2. The van der Waals surface area contributed by atoms with Crippen LogP contribution in [0.5, 0.6) is 0 Å². The number of rotatable bonds is 11. The van der Waals surface area contributed by atoms with Crippen molar-refractivity contribution in [3.63, 3.8) is 0 Å². The standard InChI is InChI=1S/C31H40N4O4S2/c1-5-21(2)29-33-30(40-4)28(22(3)36)35(29)20-24-15-17-25(18-16-24)26-13-9-10-14-27(26)41(38,39)34-31(37)32-19-23-11-7-6-8-12-23/h9-10,13-18,21,23H,5-8,11-12,19-20H2,1-4H3,(H2,32,34,37). The van der Waals surface area contributed by atoms with E-state index in [4.69, 9.17) is 4.98 Å². The summed E-state index contributed by atoms with van der Waals surface area (Å²) >= 11 is 1.47. The molecule has 2 amide bonds. The van der Waals surface area contributed by atoms with Crippen LogP contribution in [0.2, 0.25) is 0 Å². The molecule has 1 unspecified atom stereocenters. The summed E-state index contributed by atoms with van der Waals surface area (Å²) in [5.41, 5.74) is 2.79. The Hall–Kier alpha value is -3.11. The molecule has 1 aliphatic carbocycles. The van der Waals surface area contributed by atoms with E-state index in [-0.39, 0.29) is 16.6 Å². The molecule has 0 bridgehead atoms. The Labute approximate surface area is 247 Å². The smallest absolute Gasteiger partial charge is 0.328 e. The molecule has 41 heavy (non-hydrogen) atoms. The molecule has 1 saturated carbocycles. The molecule has 10 heteroatoms. The van der Waals surface area contributed by atoms with E-state index in [2.05, 4.69) is 23.9 Å². The minimum Gasteiger partial charge on any atom is -0.337 e. The average Bonchev–Trinajstić information content (AvgIpc) is 3.35. The molecule has 0 radical (unpaired) electrons. The zero-order chi connectivity index (χ0) is 29.6. The SMILES string of the molecule is CCC(C)c1nc(SC)c(C(C)=O)n1Cc1ccc(-c2ccccc2S(=O)(=O)NC(=O)NCC2CCCCC2)cc1. The number of imidazole rings is 1. The number of hydrogen-bond acceptors (Lipinski definition) is 6. The molecular weight excluding hydrogens is 556 g/mol. The van der Waals surface area contributed by atoms with E-state index in [0.717, 1.165) is 48.5 Å². The van der Waals surface area contributed by atoms with Gasteiger partial charge in [-0.25, -0.2) is 22.9 Å². The fraction of sp³-hybridized carbons (Fsp3) is 0.452. The van der Waals surface area contributed by atoms with Crippen molar-refractivity contribution in [1.82, 2.24) is 19.6 Å². The summed E-state index contributed by atoms with van der Waals surface area (Å²) in [6, 6.07) is 13.6. The number of sulfonamides is 1. The van der Waals surface area contributed by atoms with Crippen LogP contribution in [0.15, 0.2) is 58.5 Å². The maximum atomic E-state index is 13.2. The molecule has 1 atom stereocenters. The number of benzene rings is 2. The molecule has 220 valence electrons. The molecule has 2 N–H and O–H groups in total. The average molecular weight is 597 g/mol. The number of Topliss-reactive ketones (excluding diaryl/α,β-unsaturated/α-hetero) is 1. The van der Waals surface area contributed by atoms with Gasteiger partial charge in [0.1, 0.15) is 16.5 Å². The highest BCUT2D eigenvalue weighted by Gasteiger charge is 2.24. The lowest BCUT2D eigenvalue weighted by molar-refractivity contribution is 0.100. The van der Waals surface area contributed by atoms with Crippen molar-refractivity contribution in [2.24, 2.45) is 5.92 Å². The van der Waals surface area contributed by atoms with Gasteiger partial charge in [-0.3, -0.25) is 4.79 Å². The predicted molar refractivity (Wildman–Crippen MR) is 164 cm³/mol. The molecule has 0 saturated heterocycles. The number of carbonyl (C=O) groups is 2. The largest absolute Gasteiger partial charge is 0.337 e. The summed E-state index contributed by atoms with van der Waals surface area (Å²) in [6.07, 6.45) is 8.46. The van der Waals surface area contributed by atoms with Crippen LogP contribution >= 0.6 is 11.8 Å². The van der Waals surface area contributed by atoms with Gasteiger partial charge in [0.15, 0.2) is 5.78 Å². The summed E-state index contributed by atoms with van der Waals surface area (Å²) in [4.78, 5) is 29.9. The Morgan fingerprint density at radius 3 is 2.39 bits per heavy atom. The van der Waals surface area contributed by atoms with Crippen LogP contribution < -0.4 is 10.0 Å². The Balaban J connectivity index is 1.54. The molecule has 3 aromatic rings. The third-order valence-electron chi connectivity index (χ3n) is 7.83. The lowest BCUT2D eigenvalue weighted by Gasteiger charge is -2.21. The first kappa shape index (κ1) is 30.8. The molecule has 2 aromatic carbocycles. The van der Waals surface area contributed by atoms with Crippen LogP contribution in [0, 0.1) is 5.92 Å². The number of amides is 2. The minimum absolute atomic E-state index is 0.0255. The van der Waals surface area contributed by atoms with Crippen molar-refractivity contribution < 1.29 is 18.0 Å². The van der Waals surface area contributed by atoms with Crippen molar-refractivity contribution in [3.05, 3.63) is 65.6 Å². The Kier molecular flexibility index (Phi) is 10.3. The normalized spacial score (nSPS) is 14.9. The van der Waals surface area contributed by atoms with Gasteiger partial charge in [-0.1, -0.05) is 75.6 Å². The molecule has 1 aliphatic rings. The molecular formula is C31H40N4O4S2. The fourth-order valence-electron chi connectivity index (χ4n) is 5.40. The van der Waals surface area contributed by atoms with Gasteiger partial charge in [0, 0.05) is 31.5 Å². The van der Waals surface area contributed by atoms with Crippen LogP contribution in [0.25, 0.3) is 11.1 Å². The number of urea groups is 1. The van der Waals surface area contributed by atoms with Gasteiger partial charge >= 0.3 is 6.03 Å². The Morgan fingerprint density at radius 2 is 1.76 bits per heavy atom. The third kappa shape index (κ3) is 7.40. The van der Waals surface area contributed by atoms with Crippen molar-refractivity contribution in [2.45, 2.75) is 81.7 Å². The van der Waals surface area contributed by atoms with Crippen LogP contribution in [0.3, 0.4) is 0 Å². The highest BCUT2D eigenvalue weighted by molar-refractivity contribution is 7.98. The molecule has 0 spiro atoms. The van der Waals surface area contributed by atoms with Gasteiger partial charge in [0.2, 0.25) is 0 Å². The summed E-state index contributed by atoms with van der Waals surface area (Å²) in [6.45, 7) is 6.73. The molecule has 1 fully saturated rings. The van der Waals surface area contributed by atoms with E-state index in [9.17, 15) is 18.0 Å². The Bertz CT molecular complexity index is 1480. The van der Waals surface area contributed by atoms with E-state index in [1.54, 1.807) is 25.1 Å². The van der Waals surface area contributed by atoms with Gasteiger partial charge in [0.05, 0.1) is 4.90 Å². The number of hydrogen-bond donors (Lipinski definition) is 2. The van der Waals surface area contributed by atoms with Crippen LogP contribution in [-0.2, 0) is 16.6 Å². The zero-order valence-electron chi connectivity index (χ0n) is 24.3. The van der Waals surface area contributed by atoms with E-state index in [1.807, 2.05) is 35.1 Å². The summed E-state index contributed by atoms with van der Waals surface area (Å²) in [7, 11) is -4.10. The first-order chi connectivity index (χ1) is 19.6. The Morgan fingerprint density at radius 1 is 1.07 bits per heavy atom. The van der Waals surface area contributed by atoms with Crippen LogP contribution in [0.1, 0.15) is 87.1 Å². The second-order valence-corrected chi connectivity index (χ2v) is 13.2. The van der Waals surface area contributed by atoms with E-state index in [0.29, 0.717) is 35.8 Å². The van der Waals surface area contributed by atoms with E-state index >= 15 is 0 Å². The van der Waals surface area contributed by atoms with Crippen molar-refractivity contribution in [3.8, 4) is 11.1 Å². The van der Waals surface area contributed by atoms with Crippen molar-refractivity contribution >= 4 is 33.6 Å². The summed E-state index contributed by atoms with van der Waals surface area (Å²) < 4.78 is 30.7. The topological polar surface area (TPSA) is 110 Å². The quantitative estimate of drug-likeness (QED) is 0.191. The number of nitrogens with zero attached hydrogens (tertiary/aromatic N) is 2. The molecule has 4 rings (SSSR count). The van der Waals surface area contributed by atoms with E-state index < -0.39 is 16.1 Å². The van der Waals surface area contributed by atoms with E-state index in [1.165, 1.54) is 24.2 Å². The van der Waals surface area contributed by atoms with Gasteiger partial charge in [-0.15, -0.1) is 11.8 Å².